The first kappa shape index (κ1) is 22.5. The number of alkyl halides is 3. The van der Waals surface area contributed by atoms with Crippen molar-refractivity contribution in [3.8, 4) is 0 Å². The Labute approximate surface area is 193 Å². The average molecular weight is 473 g/mol. The van der Waals surface area contributed by atoms with Crippen molar-refractivity contribution in [2.45, 2.75) is 45.1 Å². The van der Waals surface area contributed by atoms with Gasteiger partial charge in [-0.1, -0.05) is 29.8 Å². The molecule has 34 heavy (non-hydrogen) atoms. The molecule has 1 fully saturated rings. The third-order valence-corrected chi connectivity index (χ3v) is 6.25. The van der Waals surface area contributed by atoms with Crippen molar-refractivity contribution in [1.82, 2.24) is 34.7 Å². The summed E-state index contributed by atoms with van der Waals surface area (Å²) >= 11 is 0. The van der Waals surface area contributed by atoms with Gasteiger partial charge in [0.15, 0.2) is 5.82 Å². The van der Waals surface area contributed by atoms with Gasteiger partial charge in [-0.3, -0.25) is 4.90 Å². The zero-order valence-corrected chi connectivity index (χ0v) is 18.5. The third kappa shape index (κ3) is 4.52. The lowest BCUT2D eigenvalue weighted by Gasteiger charge is -2.33. The van der Waals surface area contributed by atoms with Gasteiger partial charge in [-0.15, -0.1) is 5.10 Å². The summed E-state index contributed by atoms with van der Waals surface area (Å²) < 4.78 is 57.7. The van der Waals surface area contributed by atoms with Crippen LogP contribution in [-0.4, -0.2) is 47.7 Å². The normalized spacial score (nSPS) is 15.9. The Bertz CT molecular complexity index is 1290. The Kier molecular flexibility index (Phi) is 5.80. The Morgan fingerprint density at radius 3 is 2.44 bits per heavy atom. The number of rotatable bonds is 5. The summed E-state index contributed by atoms with van der Waals surface area (Å²) in [4.78, 5) is 5.85. The second kappa shape index (κ2) is 8.79. The van der Waals surface area contributed by atoms with Gasteiger partial charge in [0.05, 0.1) is 24.1 Å². The molecule has 4 aromatic rings. The van der Waals surface area contributed by atoms with Crippen molar-refractivity contribution in [2.75, 3.05) is 13.1 Å². The van der Waals surface area contributed by atoms with E-state index in [4.69, 9.17) is 0 Å². The van der Waals surface area contributed by atoms with Crippen LogP contribution < -0.4 is 0 Å². The number of piperidine rings is 1. The highest BCUT2D eigenvalue weighted by Crippen LogP contribution is 2.37. The molecule has 0 amide bonds. The smallest absolute Gasteiger partial charge is 0.317 e. The molecule has 1 saturated heterocycles. The summed E-state index contributed by atoms with van der Waals surface area (Å²) in [5.74, 6) is -0.879. The Hall–Kier alpha value is -3.34. The van der Waals surface area contributed by atoms with Gasteiger partial charge in [0, 0.05) is 25.2 Å². The van der Waals surface area contributed by atoms with Crippen LogP contribution in [0.15, 0.2) is 42.5 Å². The molecule has 0 radical (unpaired) electrons. The standard InChI is InChI=1S/C23H23F4N7/c1-15-2-4-16(5-3-15)13-33-21(29-30-31-33)14-32-10-8-18(9-11-32)34-20-7-6-17(24)12-19(20)28-22(34)23(25,26)27/h2-7,12,18H,8-11,13-14H2,1H3. The van der Waals surface area contributed by atoms with Crippen LogP contribution in [0.3, 0.4) is 0 Å². The number of imidazole rings is 1. The van der Waals surface area contributed by atoms with Crippen LogP contribution in [0, 0.1) is 12.7 Å². The van der Waals surface area contributed by atoms with Gasteiger partial charge >= 0.3 is 6.18 Å². The molecule has 5 rings (SSSR count). The van der Waals surface area contributed by atoms with Crippen molar-refractivity contribution in [1.29, 1.82) is 0 Å². The Morgan fingerprint density at radius 2 is 1.74 bits per heavy atom. The molecule has 0 atom stereocenters. The molecule has 1 aliphatic rings. The first-order chi connectivity index (χ1) is 16.3. The number of nitrogens with zero attached hydrogens (tertiary/aromatic N) is 7. The summed E-state index contributed by atoms with van der Waals surface area (Å²) in [5, 5.41) is 12.1. The van der Waals surface area contributed by atoms with E-state index in [9.17, 15) is 17.6 Å². The fourth-order valence-corrected chi connectivity index (χ4v) is 4.50. The van der Waals surface area contributed by atoms with E-state index in [1.54, 1.807) is 4.68 Å². The number of fused-ring (bicyclic) bond motifs is 1. The number of aromatic nitrogens is 6. The maximum Gasteiger partial charge on any atom is 0.449 e. The van der Waals surface area contributed by atoms with E-state index in [-0.39, 0.29) is 11.6 Å². The summed E-state index contributed by atoms with van der Waals surface area (Å²) in [7, 11) is 0. The summed E-state index contributed by atoms with van der Waals surface area (Å²) in [6.45, 7) is 4.25. The highest BCUT2D eigenvalue weighted by molar-refractivity contribution is 5.76. The van der Waals surface area contributed by atoms with Crippen LogP contribution in [0.4, 0.5) is 17.6 Å². The van der Waals surface area contributed by atoms with Gasteiger partial charge < -0.3 is 4.57 Å². The minimum atomic E-state index is -4.62. The van der Waals surface area contributed by atoms with Gasteiger partial charge in [-0.2, -0.15) is 13.2 Å². The monoisotopic (exact) mass is 473 g/mol. The van der Waals surface area contributed by atoms with Crippen molar-refractivity contribution in [3.63, 3.8) is 0 Å². The molecule has 7 nitrogen and oxygen atoms in total. The van der Waals surface area contributed by atoms with E-state index < -0.39 is 17.8 Å². The van der Waals surface area contributed by atoms with E-state index in [2.05, 4.69) is 25.4 Å². The number of hydrogen-bond donors (Lipinski definition) is 0. The predicted molar refractivity (Wildman–Crippen MR) is 116 cm³/mol. The molecule has 2 aromatic carbocycles. The largest absolute Gasteiger partial charge is 0.449 e. The van der Waals surface area contributed by atoms with E-state index in [1.807, 2.05) is 31.2 Å². The van der Waals surface area contributed by atoms with E-state index in [1.165, 1.54) is 22.3 Å². The van der Waals surface area contributed by atoms with Crippen LogP contribution >= 0.6 is 0 Å². The molecule has 2 aromatic heterocycles. The second-order valence-electron chi connectivity index (χ2n) is 8.68. The zero-order chi connectivity index (χ0) is 23.9. The van der Waals surface area contributed by atoms with Crippen molar-refractivity contribution >= 4 is 11.0 Å². The highest BCUT2D eigenvalue weighted by Gasteiger charge is 2.40. The lowest BCUT2D eigenvalue weighted by Crippen LogP contribution is -2.36. The van der Waals surface area contributed by atoms with Crippen LogP contribution in [0.2, 0.25) is 0 Å². The quantitative estimate of drug-likeness (QED) is 0.403. The minimum absolute atomic E-state index is 0.0186. The molecule has 0 aliphatic carbocycles. The molecular weight excluding hydrogens is 450 g/mol. The average Bonchev–Trinajstić information content (AvgIpc) is 3.40. The zero-order valence-electron chi connectivity index (χ0n) is 18.5. The molecule has 0 N–H and O–H groups in total. The number of benzene rings is 2. The molecule has 3 heterocycles. The van der Waals surface area contributed by atoms with Crippen LogP contribution in [0.5, 0.6) is 0 Å². The van der Waals surface area contributed by atoms with Gasteiger partial charge in [0.2, 0.25) is 5.82 Å². The second-order valence-corrected chi connectivity index (χ2v) is 8.68. The van der Waals surface area contributed by atoms with Crippen LogP contribution in [-0.2, 0) is 19.3 Å². The molecule has 11 heteroatoms. The SMILES string of the molecule is Cc1ccc(Cn2nnnc2CN2CCC(n3c(C(F)(F)F)nc4cc(F)ccc43)CC2)cc1. The van der Waals surface area contributed by atoms with Gasteiger partial charge in [-0.05, 0) is 47.9 Å². The topological polar surface area (TPSA) is 64.7 Å². The van der Waals surface area contributed by atoms with E-state index >= 15 is 0 Å². The predicted octanol–water partition coefficient (Wildman–Crippen LogP) is 4.37. The molecule has 0 unspecified atom stereocenters. The van der Waals surface area contributed by atoms with E-state index in [0.717, 1.165) is 11.6 Å². The van der Waals surface area contributed by atoms with Crippen molar-refractivity contribution in [2.24, 2.45) is 0 Å². The molecule has 178 valence electrons. The van der Waals surface area contributed by atoms with Gasteiger partial charge in [0.1, 0.15) is 5.82 Å². The summed E-state index contributed by atoms with van der Waals surface area (Å²) in [5.41, 5.74) is 2.58. The maximum atomic E-state index is 13.7. The highest BCUT2D eigenvalue weighted by atomic mass is 19.4. The fourth-order valence-electron chi connectivity index (χ4n) is 4.50. The lowest BCUT2D eigenvalue weighted by atomic mass is 10.0. The summed E-state index contributed by atoms with van der Waals surface area (Å²) in [6.07, 6.45) is -3.61. The van der Waals surface area contributed by atoms with Crippen molar-refractivity contribution < 1.29 is 17.6 Å². The fraction of sp³-hybridized carbons (Fsp3) is 0.391. The van der Waals surface area contributed by atoms with Gasteiger partial charge in [0.25, 0.3) is 0 Å². The van der Waals surface area contributed by atoms with Crippen LogP contribution in [0.25, 0.3) is 11.0 Å². The molecular formula is C23H23F4N7. The lowest BCUT2D eigenvalue weighted by molar-refractivity contribution is -0.148. The summed E-state index contributed by atoms with van der Waals surface area (Å²) in [6, 6.07) is 11.3. The third-order valence-electron chi connectivity index (χ3n) is 6.25. The number of tetrazole rings is 1. The van der Waals surface area contributed by atoms with Gasteiger partial charge in [-0.25, -0.2) is 14.1 Å². The number of halogens is 4. The number of hydrogen-bond acceptors (Lipinski definition) is 5. The molecule has 0 saturated carbocycles. The Balaban J connectivity index is 1.30. The van der Waals surface area contributed by atoms with Crippen molar-refractivity contribution in [3.05, 3.63) is 71.1 Å². The first-order valence-electron chi connectivity index (χ1n) is 11.1. The molecule has 0 spiro atoms. The molecule has 1 aliphatic heterocycles. The molecule has 0 bridgehead atoms. The Morgan fingerprint density at radius 1 is 1.00 bits per heavy atom. The minimum Gasteiger partial charge on any atom is -0.317 e. The maximum absolute atomic E-state index is 13.7. The van der Waals surface area contributed by atoms with Crippen LogP contribution in [0.1, 0.15) is 41.7 Å². The van der Waals surface area contributed by atoms with E-state index in [0.29, 0.717) is 50.4 Å². The number of likely N-dealkylation sites (tertiary alicyclic amines) is 1. The first-order valence-corrected chi connectivity index (χ1v) is 11.1. The number of aryl methyl sites for hydroxylation is 1.